The van der Waals surface area contributed by atoms with Gasteiger partial charge in [0, 0.05) is 23.0 Å². The Morgan fingerprint density at radius 1 is 1.31 bits per heavy atom. The van der Waals surface area contributed by atoms with Crippen LogP contribution < -0.4 is 0 Å². The summed E-state index contributed by atoms with van der Waals surface area (Å²) in [6.07, 6.45) is 4.33. The van der Waals surface area contributed by atoms with Gasteiger partial charge in [0.15, 0.2) is 0 Å². The van der Waals surface area contributed by atoms with Gasteiger partial charge in [-0.1, -0.05) is 28.1 Å². The number of rotatable bonds is 1. The maximum absolute atomic E-state index is 4.45. The quantitative estimate of drug-likeness (QED) is 0.785. The molecule has 1 aromatic carbocycles. The van der Waals surface area contributed by atoms with E-state index in [0.29, 0.717) is 0 Å². The lowest BCUT2D eigenvalue weighted by atomic mass is 10.2. The zero-order chi connectivity index (χ0) is 10.3. The van der Waals surface area contributed by atoms with Crippen molar-refractivity contribution in [3.8, 4) is 11.3 Å². The largest absolute Gasteiger partial charge is 0.328 e. The molecule has 0 atom stereocenters. The van der Waals surface area contributed by atoms with Crippen molar-refractivity contribution < 1.29 is 0 Å². The highest BCUT2D eigenvalue weighted by Crippen LogP contribution is 2.27. The summed E-state index contributed by atoms with van der Waals surface area (Å²) in [5.41, 5.74) is 2.48. The third-order valence-electron chi connectivity index (χ3n) is 2.84. The molecule has 0 fully saturated rings. The van der Waals surface area contributed by atoms with E-state index in [-0.39, 0.29) is 12.4 Å². The number of halogens is 2. The molecule has 1 aliphatic heterocycles. The maximum atomic E-state index is 4.45. The number of nitrogens with zero attached hydrogens (tertiary/aromatic N) is 2. The summed E-state index contributed by atoms with van der Waals surface area (Å²) >= 11 is 3.50. The molecule has 0 aliphatic carbocycles. The van der Waals surface area contributed by atoms with Crippen molar-refractivity contribution in [3.63, 3.8) is 0 Å². The van der Waals surface area contributed by atoms with Crippen LogP contribution in [-0.4, -0.2) is 9.55 Å². The average Bonchev–Trinajstić information content (AvgIpc) is 2.77. The Kier molecular flexibility index (Phi) is 3.36. The van der Waals surface area contributed by atoms with Gasteiger partial charge in [0.25, 0.3) is 0 Å². The molecule has 4 heteroatoms. The fraction of sp³-hybridized carbons (Fsp3) is 0.250. The highest BCUT2D eigenvalue weighted by Gasteiger charge is 2.16. The molecule has 0 radical (unpaired) electrons. The fourth-order valence-corrected chi connectivity index (χ4v) is 2.54. The number of aromatic nitrogens is 2. The van der Waals surface area contributed by atoms with Gasteiger partial charge < -0.3 is 4.57 Å². The summed E-state index contributed by atoms with van der Waals surface area (Å²) < 4.78 is 3.44. The number of fused-ring (bicyclic) bond motifs is 1. The summed E-state index contributed by atoms with van der Waals surface area (Å²) in [7, 11) is 0. The predicted molar refractivity (Wildman–Crippen MR) is 70.9 cm³/mol. The molecule has 0 saturated carbocycles. The molecule has 2 heterocycles. The van der Waals surface area contributed by atoms with Crippen LogP contribution in [0.3, 0.4) is 0 Å². The molecule has 0 saturated heterocycles. The highest BCUT2D eigenvalue weighted by atomic mass is 79.9. The minimum absolute atomic E-state index is 0. The second-order valence-corrected chi connectivity index (χ2v) is 4.74. The van der Waals surface area contributed by atoms with Crippen molar-refractivity contribution in [3.05, 3.63) is 40.8 Å². The number of benzene rings is 1. The molecule has 3 rings (SSSR count). The van der Waals surface area contributed by atoms with E-state index in [2.05, 4.69) is 43.7 Å². The van der Waals surface area contributed by atoms with Crippen LogP contribution in [0.15, 0.2) is 34.9 Å². The van der Waals surface area contributed by atoms with Crippen molar-refractivity contribution in [1.82, 2.24) is 9.55 Å². The Labute approximate surface area is 109 Å². The lowest BCUT2D eigenvalue weighted by Gasteiger charge is -2.04. The minimum Gasteiger partial charge on any atom is -0.328 e. The van der Waals surface area contributed by atoms with E-state index < -0.39 is 0 Å². The first-order valence-electron chi connectivity index (χ1n) is 5.15. The molecule has 0 amide bonds. The van der Waals surface area contributed by atoms with Gasteiger partial charge in [0.2, 0.25) is 0 Å². The number of aryl methyl sites for hydroxylation is 1. The van der Waals surface area contributed by atoms with Crippen molar-refractivity contribution in [1.29, 1.82) is 0 Å². The highest BCUT2D eigenvalue weighted by molar-refractivity contribution is 9.10. The molecule has 84 valence electrons. The molecule has 2 nitrogen and oxygen atoms in total. The van der Waals surface area contributed by atoms with Crippen LogP contribution in [0.2, 0.25) is 0 Å². The summed E-state index contributed by atoms with van der Waals surface area (Å²) in [6, 6.07) is 8.38. The maximum Gasteiger partial charge on any atom is 0.109 e. The van der Waals surface area contributed by atoms with Gasteiger partial charge in [0.05, 0.1) is 11.9 Å². The van der Waals surface area contributed by atoms with E-state index in [1.54, 1.807) is 0 Å². The molecule has 0 bridgehead atoms. The van der Waals surface area contributed by atoms with Gasteiger partial charge in [0.1, 0.15) is 5.82 Å². The Bertz CT molecular complexity index is 507. The Hall–Kier alpha value is -0.800. The van der Waals surface area contributed by atoms with Gasteiger partial charge in [-0.05, 0) is 18.6 Å². The number of hydrogen-bond acceptors (Lipinski definition) is 1. The number of imidazole rings is 1. The lowest BCUT2D eigenvalue weighted by Crippen LogP contribution is -1.94. The van der Waals surface area contributed by atoms with E-state index in [1.807, 2.05) is 12.3 Å². The first-order chi connectivity index (χ1) is 7.34. The summed E-state index contributed by atoms with van der Waals surface area (Å²) in [5.74, 6) is 1.23. The zero-order valence-corrected chi connectivity index (χ0v) is 11.1. The van der Waals surface area contributed by atoms with Gasteiger partial charge >= 0.3 is 0 Å². The average molecular weight is 300 g/mol. The molecule has 2 aromatic rings. The van der Waals surface area contributed by atoms with Crippen LogP contribution in [-0.2, 0) is 13.0 Å². The molecule has 0 unspecified atom stereocenters. The SMILES string of the molecule is Brc1cccc(-c2cnc3n2CCC3)c1.Cl. The monoisotopic (exact) mass is 298 g/mol. The standard InChI is InChI=1S/C12H11BrN2.ClH/c13-10-4-1-3-9(7-10)11-8-14-12-5-2-6-15(11)12;/h1,3-4,7-8H,2,5-6H2;1H. The Morgan fingerprint density at radius 2 is 2.19 bits per heavy atom. The van der Waals surface area contributed by atoms with Crippen LogP contribution in [0.25, 0.3) is 11.3 Å². The summed E-state index contributed by atoms with van der Waals surface area (Å²) in [4.78, 5) is 4.45. The topological polar surface area (TPSA) is 17.8 Å². The minimum atomic E-state index is 0. The molecule has 0 spiro atoms. The van der Waals surface area contributed by atoms with Crippen molar-refractivity contribution in [2.45, 2.75) is 19.4 Å². The predicted octanol–water partition coefficient (Wildman–Crippen LogP) is 3.68. The first kappa shape index (κ1) is 11.7. The van der Waals surface area contributed by atoms with E-state index in [1.165, 1.54) is 23.5 Å². The molecule has 1 aliphatic rings. The van der Waals surface area contributed by atoms with Gasteiger partial charge in [-0.25, -0.2) is 4.98 Å². The van der Waals surface area contributed by atoms with Crippen molar-refractivity contribution in [2.24, 2.45) is 0 Å². The fourth-order valence-electron chi connectivity index (χ4n) is 2.14. The van der Waals surface area contributed by atoms with Crippen LogP contribution in [0.5, 0.6) is 0 Å². The van der Waals surface area contributed by atoms with Gasteiger partial charge in [-0.3, -0.25) is 0 Å². The second kappa shape index (κ2) is 4.60. The van der Waals surface area contributed by atoms with Gasteiger partial charge in [-0.15, -0.1) is 12.4 Å². The Morgan fingerprint density at radius 3 is 3.00 bits per heavy atom. The number of hydrogen-bond donors (Lipinski definition) is 0. The van der Waals surface area contributed by atoms with Crippen molar-refractivity contribution in [2.75, 3.05) is 0 Å². The van der Waals surface area contributed by atoms with E-state index >= 15 is 0 Å². The summed E-state index contributed by atoms with van der Waals surface area (Å²) in [5, 5.41) is 0. The summed E-state index contributed by atoms with van der Waals surface area (Å²) in [6.45, 7) is 1.11. The van der Waals surface area contributed by atoms with Crippen LogP contribution >= 0.6 is 28.3 Å². The smallest absolute Gasteiger partial charge is 0.109 e. The normalized spacial score (nSPS) is 13.3. The third kappa shape index (κ3) is 1.89. The Balaban J connectivity index is 0.000000963. The van der Waals surface area contributed by atoms with E-state index in [0.717, 1.165) is 17.4 Å². The molecule has 1 aromatic heterocycles. The molecule has 0 N–H and O–H groups in total. The van der Waals surface area contributed by atoms with E-state index in [4.69, 9.17) is 0 Å². The zero-order valence-electron chi connectivity index (χ0n) is 8.69. The van der Waals surface area contributed by atoms with Crippen molar-refractivity contribution >= 4 is 28.3 Å². The van der Waals surface area contributed by atoms with Crippen LogP contribution in [0.4, 0.5) is 0 Å². The molecule has 16 heavy (non-hydrogen) atoms. The lowest BCUT2D eigenvalue weighted by molar-refractivity contribution is 0.756. The van der Waals surface area contributed by atoms with Crippen LogP contribution in [0, 0.1) is 0 Å². The molecular weight excluding hydrogens is 288 g/mol. The van der Waals surface area contributed by atoms with Crippen LogP contribution in [0.1, 0.15) is 12.2 Å². The van der Waals surface area contributed by atoms with E-state index in [9.17, 15) is 0 Å². The first-order valence-corrected chi connectivity index (χ1v) is 5.94. The third-order valence-corrected chi connectivity index (χ3v) is 3.33. The van der Waals surface area contributed by atoms with Gasteiger partial charge in [-0.2, -0.15) is 0 Å². The molecular formula is C12H12BrClN2. The second-order valence-electron chi connectivity index (χ2n) is 3.83.